The number of hydrogen-bond acceptors (Lipinski definition) is 7. The first-order valence-electron chi connectivity index (χ1n) is 12.5. The van der Waals surface area contributed by atoms with Crippen molar-refractivity contribution >= 4 is 23.2 Å². The topological polar surface area (TPSA) is 77.5 Å². The largest absolute Gasteiger partial charge is 0.497 e. The van der Waals surface area contributed by atoms with Crippen LogP contribution in [-0.4, -0.2) is 69.7 Å². The number of amides is 2. The van der Waals surface area contributed by atoms with E-state index in [1.165, 1.54) is 14.2 Å². The van der Waals surface area contributed by atoms with Gasteiger partial charge in [0, 0.05) is 29.6 Å². The van der Waals surface area contributed by atoms with Crippen LogP contribution in [-0.2, 0) is 17.8 Å². The van der Waals surface area contributed by atoms with Crippen molar-refractivity contribution in [2.24, 2.45) is 0 Å². The van der Waals surface area contributed by atoms with Crippen molar-refractivity contribution in [3.05, 3.63) is 69.9 Å². The normalized spacial score (nSPS) is 10.6. The molecule has 8 nitrogen and oxygen atoms in total. The molecule has 0 spiro atoms. The minimum atomic E-state index is -0.242. The Hall–Kier alpha value is -3.72. The Labute approximate surface area is 228 Å². The number of hydrogen-bond donors (Lipinski definition) is 0. The zero-order valence-electron chi connectivity index (χ0n) is 22.7. The van der Waals surface area contributed by atoms with Gasteiger partial charge in [0.1, 0.15) is 18.0 Å². The van der Waals surface area contributed by atoms with Crippen LogP contribution in [0.2, 0.25) is 0 Å². The molecular weight excluding hydrogens is 504 g/mol. The first-order chi connectivity index (χ1) is 18.4. The molecule has 0 saturated heterocycles. The van der Waals surface area contributed by atoms with Gasteiger partial charge in [-0.2, -0.15) is 0 Å². The Bertz CT molecular complexity index is 1180. The second-order valence-electron chi connectivity index (χ2n) is 8.66. The van der Waals surface area contributed by atoms with Gasteiger partial charge in [-0.1, -0.05) is 19.1 Å². The Morgan fingerprint density at radius 3 is 2.11 bits per heavy atom. The van der Waals surface area contributed by atoms with Crippen LogP contribution in [0.15, 0.2) is 53.9 Å². The van der Waals surface area contributed by atoms with Crippen molar-refractivity contribution in [2.75, 3.05) is 48.1 Å². The van der Waals surface area contributed by atoms with E-state index in [2.05, 4.69) is 0 Å². The monoisotopic (exact) mass is 540 g/mol. The number of carbonyl (C=O) groups is 2. The molecule has 2 amide bonds. The lowest BCUT2D eigenvalue weighted by molar-refractivity contribution is -0.132. The van der Waals surface area contributed by atoms with Crippen LogP contribution in [0.3, 0.4) is 0 Å². The molecule has 0 unspecified atom stereocenters. The summed E-state index contributed by atoms with van der Waals surface area (Å²) in [7, 11) is 6.28. The predicted octanol–water partition coefficient (Wildman–Crippen LogP) is 4.91. The van der Waals surface area contributed by atoms with Gasteiger partial charge in [-0.3, -0.25) is 9.59 Å². The number of rotatable bonds is 14. The molecule has 1 heterocycles. The number of thiophene rings is 1. The van der Waals surface area contributed by atoms with Gasteiger partial charge in [0.05, 0.1) is 35.0 Å². The van der Waals surface area contributed by atoms with Crippen molar-refractivity contribution in [2.45, 2.75) is 26.3 Å². The lowest BCUT2D eigenvalue weighted by Crippen LogP contribution is -2.43. The molecule has 0 aliphatic rings. The second-order valence-corrected chi connectivity index (χ2v) is 9.69. The van der Waals surface area contributed by atoms with E-state index in [0.717, 1.165) is 16.9 Å². The van der Waals surface area contributed by atoms with Crippen molar-refractivity contribution in [1.29, 1.82) is 0 Å². The summed E-state index contributed by atoms with van der Waals surface area (Å²) in [6.45, 7) is 3.38. The Morgan fingerprint density at radius 1 is 0.816 bits per heavy atom. The van der Waals surface area contributed by atoms with E-state index in [-0.39, 0.29) is 18.4 Å². The van der Waals surface area contributed by atoms with E-state index < -0.39 is 0 Å². The molecule has 0 aliphatic carbocycles. The maximum absolute atomic E-state index is 13.6. The Balaban J connectivity index is 1.79. The standard InChI is InChI=1S/C29H36N2O6S/c1-6-12-31(29(33)22-16-23(34-2)18-24(17-22)35-3)20-28(32)30(19-25-8-7-14-38-25)13-11-21-9-10-26(36-4)27(15-21)37-5/h7-10,14-18H,6,11-13,19-20H2,1-5H3. The quantitative estimate of drug-likeness (QED) is 0.289. The van der Waals surface area contributed by atoms with Crippen molar-refractivity contribution in [3.8, 4) is 23.0 Å². The molecule has 1 aromatic heterocycles. The van der Waals surface area contributed by atoms with Crippen molar-refractivity contribution in [1.82, 2.24) is 9.80 Å². The van der Waals surface area contributed by atoms with Gasteiger partial charge in [0.25, 0.3) is 5.91 Å². The van der Waals surface area contributed by atoms with E-state index in [9.17, 15) is 9.59 Å². The van der Waals surface area contributed by atoms with Crippen LogP contribution in [0.4, 0.5) is 0 Å². The van der Waals surface area contributed by atoms with Crippen LogP contribution in [0.25, 0.3) is 0 Å². The van der Waals surface area contributed by atoms with E-state index >= 15 is 0 Å². The molecular formula is C29H36N2O6S. The Kier molecular flexibility index (Phi) is 10.8. The zero-order chi connectivity index (χ0) is 27.5. The highest BCUT2D eigenvalue weighted by atomic mass is 32.1. The highest BCUT2D eigenvalue weighted by molar-refractivity contribution is 7.09. The van der Waals surface area contributed by atoms with Crippen LogP contribution < -0.4 is 18.9 Å². The van der Waals surface area contributed by atoms with Crippen LogP contribution in [0.1, 0.15) is 34.1 Å². The SMILES string of the molecule is CCCN(CC(=O)N(CCc1ccc(OC)c(OC)c1)Cc1cccs1)C(=O)c1cc(OC)cc(OC)c1. The lowest BCUT2D eigenvalue weighted by atomic mass is 10.1. The highest BCUT2D eigenvalue weighted by Gasteiger charge is 2.23. The van der Waals surface area contributed by atoms with E-state index in [1.54, 1.807) is 48.7 Å². The summed E-state index contributed by atoms with van der Waals surface area (Å²) in [6.07, 6.45) is 1.35. The number of nitrogens with zero attached hydrogens (tertiary/aromatic N) is 2. The Morgan fingerprint density at radius 2 is 1.53 bits per heavy atom. The maximum atomic E-state index is 13.6. The van der Waals surface area contributed by atoms with Crippen molar-refractivity contribution < 1.29 is 28.5 Å². The molecule has 0 N–H and O–H groups in total. The summed E-state index contributed by atoms with van der Waals surface area (Å²) >= 11 is 1.60. The molecule has 3 rings (SSSR count). The first kappa shape index (κ1) is 28.8. The molecule has 0 aliphatic heterocycles. The molecule has 0 fully saturated rings. The van der Waals surface area contributed by atoms with Gasteiger partial charge >= 0.3 is 0 Å². The van der Waals surface area contributed by atoms with E-state index in [0.29, 0.717) is 54.6 Å². The van der Waals surface area contributed by atoms with E-state index in [4.69, 9.17) is 18.9 Å². The smallest absolute Gasteiger partial charge is 0.254 e. The van der Waals surface area contributed by atoms with Crippen LogP contribution in [0, 0.1) is 0 Å². The summed E-state index contributed by atoms with van der Waals surface area (Å²) in [5.74, 6) is 1.98. The molecule has 0 saturated carbocycles. The fourth-order valence-electron chi connectivity index (χ4n) is 4.08. The van der Waals surface area contributed by atoms with Gasteiger partial charge in [-0.15, -0.1) is 11.3 Å². The van der Waals surface area contributed by atoms with Crippen LogP contribution in [0.5, 0.6) is 23.0 Å². The summed E-state index contributed by atoms with van der Waals surface area (Å²) in [6, 6.07) is 14.8. The highest BCUT2D eigenvalue weighted by Crippen LogP contribution is 2.28. The van der Waals surface area contributed by atoms with Gasteiger partial charge < -0.3 is 28.7 Å². The fourth-order valence-corrected chi connectivity index (χ4v) is 4.80. The molecule has 3 aromatic rings. The maximum Gasteiger partial charge on any atom is 0.254 e. The third kappa shape index (κ3) is 7.64. The van der Waals surface area contributed by atoms with Crippen LogP contribution >= 0.6 is 11.3 Å². The molecule has 9 heteroatoms. The average Bonchev–Trinajstić information content (AvgIpc) is 3.47. The summed E-state index contributed by atoms with van der Waals surface area (Å²) in [5, 5.41) is 2.00. The van der Waals surface area contributed by atoms with Gasteiger partial charge in [-0.05, 0) is 54.1 Å². The van der Waals surface area contributed by atoms with Gasteiger partial charge in [0.15, 0.2) is 11.5 Å². The predicted molar refractivity (Wildman–Crippen MR) is 149 cm³/mol. The molecule has 38 heavy (non-hydrogen) atoms. The van der Waals surface area contributed by atoms with Gasteiger partial charge in [0.2, 0.25) is 5.91 Å². The summed E-state index contributed by atoms with van der Waals surface area (Å²) < 4.78 is 21.4. The van der Waals surface area contributed by atoms with Crippen molar-refractivity contribution in [3.63, 3.8) is 0 Å². The minimum absolute atomic E-state index is 0.0243. The number of ether oxygens (including phenoxy) is 4. The number of methoxy groups -OCH3 is 4. The minimum Gasteiger partial charge on any atom is -0.497 e. The molecule has 0 bridgehead atoms. The third-order valence-corrected chi connectivity index (χ3v) is 6.96. The second kappa shape index (κ2) is 14.3. The fraction of sp³-hybridized carbons (Fsp3) is 0.379. The average molecular weight is 541 g/mol. The number of carbonyl (C=O) groups excluding carboxylic acids is 2. The summed E-state index contributed by atoms with van der Waals surface area (Å²) in [4.78, 5) is 31.6. The molecule has 204 valence electrons. The molecule has 0 radical (unpaired) electrons. The van der Waals surface area contributed by atoms with E-state index in [1.807, 2.05) is 47.5 Å². The molecule has 2 aromatic carbocycles. The molecule has 0 atom stereocenters. The number of benzene rings is 2. The lowest BCUT2D eigenvalue weighted by Gasteiger charge is -2.28. The van der Waals surface area contributed by atoms with Gasteiger partial charge in [-0.25, -0.2) is 0 Å². The first-order valence-corrected chi connectivity index (χ1v) is 13.3. The zero-order valence-corrected chi connectivity index (χ0v) is 23.5. The summed E-state index contributed by atoms with van der Waals surface area (Å²) in [5.41, 5.74) is 1.44. The third-order valence-electron chi connectivity index (χ3n) is 6.10.